The third kappa shape index (κ3) is 5.57. The van der Waals surface area contributed by atoms with Crippen molar-refractivity contribution < 1.29 is 9.53 Å². The Labute approximate surface area is 211 Å². The average Bonchev–Trinajstić information content (AvgIpc) is 2.87. The second-order valence-electron chi connectivity index (χ2n) is 9.65. The second kappa shape index (κ2) is 10.9. The van der Waals surface area contributed by atoms with Crippen LogP contribution in [0.1, 0.15) is 41.6 Å². The number of ether oxygens (including phenoxy) is 1. The molecule has 2 aliphatic rings. The fourth-order valence-electron chi connectivity index (χ4n) is 5.46. The summed E-state index contributed by atoms with van der Waals surface area (Å²) in [4.78, 5) is 27.0. The SMILES string of the molecule is CCOc1ccc(/C=N/NC(=O)Cc2ccccc2)cc1CN1CC2CC(C1)c1cccc(=O)n1C2. The summed E-state index contributed by atoms with van der Waals surface area (Å²) in [6.45, 7) is 6.01. The van der Waals surface area contributed by atoms with Gasteiger partial charge in [-0.15, -0.1) is 0 Å². The highest BCUT2D eigenvalue weighted by Gasteiger charge is 2.34. The van der Waals surface area contributed by atoms with Crippen molar-refractivity contribution in [3.05, 3.63) is 99.5 Å². The van der Waals surface area contributed by atoms with E-state index in [1.165, 1.54) is 0 Å². The zero-order chi connectivity index (χ0) is 24.9. The Kier molecular flexibility index (Phi) is 7.28. The van der Waals surface area contributed by atoms with Crippen LogP contribution in [0.3, 0.4) is 0 Å². The summed E-state index contributed by atoms with van der Waals surface area (Å²) in [6.07, 6.45) is 3.10. The Balaban J connectivity index is 1.27. The normalized spacial score (nSPS) is 19.1. The first kappa shape index (κ1) is 24.0. The lowest BCUT2D eigenvalue weighted by Gasteiger charge is -2.43. The van der Waals surface area contributed by atoms with E-state index >= 15 is 0 Å². The van der Waals surface area contributed by atoms with Crippen LogP contribution in [0, 0.1) is 5.92 Å². The van der Waals surface area contributed by atoms with Crippen molar-refractivity contribution in [3.8, 4) is 5.75 Å². The molecule has 1 saturated heterocycles. The summed E-state index contributed by atoms with van der Waals surface area (Å²) in [5.74, 6) is 1.56. The molecule has 1 amide bonds. The summed E-state index contributed by atoms with van der Waals surface area (Å²) in [5, 5.41) is 4.17. The standard InChI is InChI=1S/C29H32N4O3/c1-2-36-27-12-11-22(16-30-31-28(34)15-21-7-4-3-5-8-21)13-25(27)20-32-17-23-14-24(19-32)26-9-6-10-29(35)33(26)18-23/h3-13,16,23-24H,2,14-15,17-20H2,1H3,(H,31,34)/b30-16+. The minimum atomic E-state index is -0.150. The lowest BCUT2D eigenvalue weighted by atomic mass is 9.83. The van der Waals surface area contributed by atoms with Gasteiger partial charge in [-0.3, -0.25) is 14.5 Å². The number of fused-ring (bicyclic) bond motifs is 4. The van der Waals surface area contributed by atoms with E-state index in [-0.39, 0.29) is 11.5 Å². The molecular formula is C29H32N4O3. The van der Waals surface area contributed by atoms with Gasteiger partial charge in [-0.2, -0.15) is 5.10 Å². The van der Waals surface area contributed by atoms with Crippen molar-refractivity contribution in [1.82, 2.24) is 14.9 Å². The molecule has 0 spiro atoms. The zero-order valence-corrected chi connectivity index (χ0v) is 20.6. The van der Waals surface area contributed by atoms with Crippen molar-refractivity contribution in [2.24, 2.45) is 11.0 Å². The van der Waals surface area contributed by atoms with Crippen molar-refractivity contribution in [1.29, 1.82) is 0 Å². The first-order chi connectivity index (χ1) is 17.6. The van der Waals surface area contributed by atoms with Gasteiger partial charge in [0.15, 0.2) is 0 Å². The van der Waals surface area contributed by atoms with Crippen molar-refractivity contribution in [2.75, 3.05) is 19.7 Å². The third-order valence-corrected chi connectivity index (χ3v) is 6.94. The number of amides is 1. The van der Waals surface area contributed by atoms with Crippen LogP contribution in [0.4, 0.5) is 0 Å². The smallest absolute Gasteiger partial charge is 0.250 e. The van der Waals surface area contributed by atoms with Gasteiger partial charge >= 0.3 is 0 Å². The van der Waals surface area contributed by atoms with Gasteiger partial charge in [0.2, 0.25) is 5.91 Å². The van der Waals surface area contributed by atoms with Crippen molar-refractivity contribution >= 4 is 12.1 Å². The number of nitrogens with zero attached hydrogens (tertiary/aromatic N) is 3. The molecule has 1 aromatic heterocycles. The van der Waals surface area contributed by atoms with Gasteiger partial charge in [-0.25, -0.2) is 5.43 Å². The highest BCUT2D eigenvalue weighted by Crippen LogP contribution is 2.36. The molecule has 2 aliphatic heterocycles. The van der Waals surface area contributed by atoms with Gasteiger partial charge in [0.1, 0.15) is 5.75 Å². The van der Waals surface area contributed by atoms with Crippen LogP contribution in [-0.2, 0) is 24.3 Å². The fraction of sp³-hybridized carbons (Fsp3) is 0.345. The van der Waals surface area contributed by atoms with Gasteiger partial charge in [0.05, 0.1) is 19.2 Å². The molecule has 2 bridgehead atoms. The number of carbonyl (C=O) groups is 1. The topological polar surface area (TPSA) is 75.9 Å². The average molecular weight is 485 g/mol. The minimum absolute atomic E-state index is 0.108. The van der Waals surface area contributed by atoms with E-state index in [1.54, 1.807) is 12.3 Å². The van der Waals surface area contributed by atoms with Crippen LogP contribution in [0.15, 0.2) is 76.6 Å². The number of hydrogen-bond donors (Lipinski definition) is 1. The summed E-state index contributed by atoms with van der Waals surface area (Å²) in [7, 11) is 0. The Morgan fingerprint density at radius 2 is 1.94 bits per heavy atom. The van der Waals surface area contributed by atoms with E-state index in [0.717, 1.165) is 60.7 Å². The van der Waals surface area contributed by atoms with Crippen LogP contribution < -0.4 is 15.7 Å². The lowest BCUT2D eigenvalue weighted by molar-refractivity contribution is -0.120. The van der Waals surface area contributed by atoms with E-state index in [9.17, 15) is 9.59 Å². The fourth-order valence-corrected chi connectivity index (χ4v) is 5.46. The molecule has 7 heteroatoms. The molecule has 2 aromatic carbocycles. The van der Waals surface area contributed by atoms with E-state index < -0.39 is 0 Å². The molecular weight excluding hydrogens is 452 g/mol. The molecule has 2 unspecified atom stereocenters. The maximum absolute atomic E-state index is 12.3. The molecule has 186 valence electrons. The molecule has 0 saturated carbocycles. The van der Waals surface area contributed by atoms with Crippen LogP contribution in [0.25, 0.3) is 0 Å². The molecule has 3 heterocycles. The summed E-state index contributed by atoms with van der Waals surface area (Å²) in [5.41, 5.74) is 6.84. The minimum Gasteiger partial charge on any atom is -0.494 e. The van der Waals surface area contributed by atoms with Gasteiger partial charge in [0.25, 0.3) is 5.56 Å². The Bertz CT molecular complexity index is 1300. The number of likely N-dealkylation sites (tertiary alicyclic amines) is 1. The molecule has 0 aliphatic carbocycles. The number of aromatic nitrogens is 1. The monoisotopic (exact) mass is 484 g/mol. The summed E-state index contributed by atoms with van der Waals surface area (Å²) in [6, 6.07) is 21.3. The number of hydrazone groups is 1. The highest BCUT2D eigenvalue weighted by atomic mass is 16.5. The molecule has 2 atom stereocenters. The summed E-state index contributed by atoms with van der Waals surface area (Å²) >= 11 is 0. The predicted octanol–water partition coefficient (Wildman–Crippen LogP) is 3.56. The molecule has 7 nitrogen and oxygen atoms in total. The number of nitrogens with one attached hydrogen (secondary N) is 1. The van der Waals surface area contributed by atoms with E-state index in [4.69, 9.17) is 4.74 Å². The molecule has 1 fully saturated rings. The molecule has 1 N–H and O–H groups in total. The summed E-state index contributed by atoms with van der Waals surface area (Å²) < 4.78 is 7.89. The van der Waals surface area contributed by atoms with Gasteiger partial charge in [-0.05, 0) is 54.7 Å². The van der Waals surface area contributed by atoms with Crippen LogP contribution in [0.2, 0.25) is 0 Å². The Morgan fingerprint density at radius 1 is 1.08 bits per heavy atom. The number of pyridine rings is 1. The maximum Gasteiger partial charge on any atom is 0.250 e. The number of piperidine rings is 1. The quantitative estimate of drug-likeness (QED) is 0.392. The third-order valence-electron chi connectivity index (χ3n) is 6.94. The largest absolute Gasteiger partial charge is 0.494 e. The zero-order valence-electron chi connectivity index (χ0n) is 20.6. The molecule has 36 heavy (non-hydrogen) atoms. The Morgan fingerprint density at radius 3 is 2.78 bits per heavy atom. The first-order valence-electron chi connectivity index (χ1n) is 12.6. The lowest BCUT2D eigenvalue weighted by Crippen LogP contribution is -2.46. The van der Waals surface area contributed by atoms with Gasteiger partial charge in [-0.1, -0.05) is 36.4 Å². The van der Waals surface area contributed by atoms with Crippen molar-refractivity contribution in [2.45, 2.75) is 38.8 Å². The van der Waals surface area contributed by atoms with Crippen LogP contribution in [-0.4, -0.2) is 41.3 Å². The van der Waals surface area contributed by atoms with E-state index in [0.29, 0.717) is 24.9 Å². The van der Waals surface area contributed by atoms with Crippen molar-refractivity contribution in [3.63, 3.8) is 0 Å². The van der Waals surface area contributed by atoms with Gasteiger partial charge < -0.3 is 9.30 Å². The van der Waals surface area contributed by atoms with Gasteiger partial charge in [0, 0.05) is 49.4 Å². The Hall–Kier alpha value is -3.71. The molecule has 5 rings (SSSR count). The number of benzene rings is 2. The van der Waals surface area contributed by atoms with Crippen LogP contribution in [0.5, 0.6) is 5.75 Å². The second-order valence-corrected chi connectivity index (χ2v) is 9.65. The van der Waals surface area contributed by atoms with E-state index in [2.05, 4.69) is 27.6 Å². The van der Waals surface area contributed by atoms with Crippen LogP contribution >= 0.6 is 0 Å². The predicted molar refractivity (Wildman–Crippen MR) is 140 cm³/mol. The first-order valence-corrected chi connectivity index (χ1v) is 12.6. The van der Waals surface area contributed by atoms with E-state index in [1.807, 2.05) is 60.0 Å². The number of rotatable bonds is 8. The molecule has 3 aromatic rings. The number of hydrogen-bond acceptors (Lipinski definition) is 5. The highest BCUT2D eigenvalue weighted by molar-refractivity contribution is 5.83. The molecule has 0 radical (unpaired) electrons. The maximum atomic E-state index is 12.3. The number of carbonyl (C=O) groups excluding carboxylic acids is 1.